The number of fused-ring (bicyclic) bond motifs is 1. The number of carboxylic acid groups (broad SMARTS) is 1. The second kappa shape index (κ2) is 6.93. The third-order valence-electron chi connectivity index (χ3n) is 3.34. The van der Waals surface area contributed by atoms with Crippen LogP contribution in [0.15, 0.2) is 24.3 Å². The Kier molecular flexibility index (Phi) is 4.98. The first kappa shape index (κ1) is 14.4. The van der Waals surface area contributed by atoms with Gasteiger partial charge in [-0.2, -0.15) is 0 Å². The molecule has 1 aromatic rings. The minimum atomic E-state index is -0.811. The Labute approximate surface area is 118 Å². The molecule has 20 heavy (non-hydrogen) atoms. The molecule has 0 spiro atoms. The van der Waals surface area contributed by atoms with E-state index in [1.54, 1.807) is 4.90 Å². The van der Waals surface area contributed by atoms with Crippen LogP contribution in [0.5, 0.6) is 5.75 Å². The van der Waals surface area contributed by atoms with E-state index in [1.807, 2.05) is 24.3 Å². The van der Waals surface area contributed by atoms with Gasteiger partial charge >= 0.3 is 5.97 Å². The highest BCUT2D eigenvalue weighted by Crippen LogP contribution is 2.22. The van der Waals surface area contributed by atoms with Crippen LogP contribution in [0.3, 0.4) is 0 Å². The van der Waals surface area contributed by atoms with Crippen LogP contribution in [0.4, 0.5) is 0 Å². The van der Waals surface area contributed by atoms with Gasteiger partial charge in [0.2, 0.25) is 5.91 Å². The topological polar surface area (TPSA) is 66.8 Å². The molecule has 0 atom stereocenters. The van der Waals surface area contributed by atoms with Gasteiger partial charge in [0.15, 0.2) is 0 Å². The Balaban J connectivity index is 1.86. The molecular formula is C15H19NO4. The maximum absolute atomic E-state index is 12.1. The zero-order valence-corrected chi connectivity index (χ0v) is 11.4. The quantitative estimate of drug-likeness (QED) is 0.836. The fraction of sp³-hybridized carbons (Fsp3) is 0.467. The normalized spacial score (nSPS) is 14.1. The lowest BCUT2D eigenvalue weighted by Crippen LogP contribution is -2.32. The molecule has 0 aliphatic carbocycles. The number of rotatable bonds is 5. The van der Waals surface area contributed by atoms with Gasteiger partial charge in [-0.05, 0) is 18.9 Å². The van der Waals surface area contributed by atoms with Crippen molar-refractivity contribution >= 4 is 11.9 Å². The van der Waals surface area contributed by atoms with Gasteiger partial charge in [-0.15, -0.1) is 0 Å². The van der Waals surface area contributed by atoms with Crippen LogP contribution in [-0.4, -0.2) is 35.0 Å². The number of benzene rings is 1. The maximum Gasteiger partial charge on any atom is 0.303 e. The number of hydrogen-bond donors (Lipinski definition) is 1. The van der Waals surface area contributed by atoms with Crippen LogP contribution in [0.2, 0.25) is 0 Å². The number of ether oxygens (including phenoxy) is 1. The number of carbonyl (C=O) groups excluding carboxylic acids is 1. The summed E-state index contributed by atoms with van der Waals surface area (Å²) < 4.78 is 5.61. The van der Waals surface area contributed by atoms with E-state index in [0.717, 1.165) is 11.3 Å². The van der Waals surface area contributed by atoms with Gasteiger partial charge in [-0.25, -0.2) is 0 Å². The van der Waals surface area contributed by atoms with Crippen molar-refractivity contribution in [1.82, 2.24) is 4.90 Å². The van der Waals surface area contributed by atoms with Crippen LogP contribution in [-0.2, 0) is 16.1 Å². The Bertz CT molecular complexity index is 487. The van der Waals surface area contributed by atoms with E-state index >= 15 is 0 Å². The van der Waals surface area contributed by atoms with E-state index in [4.69, 9.17) is 9.84 Å². The monoisotopic (exact) mass is 277 g/mol. The third-order valence-corrected chi connectivity index (χ3v) is 3.34. The second-order valence-electron chi connectivity index (χ2n) is 4.87. The van der Waals surface area contributed by atoms with E-state index < -0.39 is 5.97 Å². The van der Waals surface area contributed by atoms with Gasteiger partial charge in [0.05, 0.1) is 6.54 Å². The maximum atomic E-state index is 12.1. The Morgan fingerprint density at radius 1 is 1.20 bits per heavy atom. The molecule has 0 saturated heterocycles. The average Bonchev–Trinajstić information content (AvgIpc) is 2.65. The van der Waals surface area contributed by atoms with E-state index in [9.17, 15) is 9.59 Å². The average molecular weight is 277 g/mol. The van der Waals surface area contributed by atoms with Crippen molar-refractivity contribution < 1.29 is 19.4 Å². The summed E-state index contributed by atoms with van der Waals surface area (Å²) in [7, 11) is 0. The van der Waals surface area contributed by atoms with Gasteiger partial charge in [-0.1, -0.05) is 18.2 Å². The summed E-state index contributed by atoms with van der Waals surface area (Å²) >= 11 is 0. The predicted molar refractivity (Wildman–Crippen MR) is 73.5 cm³/mol. The summed E-state index contributed by atoms with van der Waals surface area (Å²) in [5.74, 6) is 0.0962. The molecule has 1 aliphatic heterocycles. The van der Waals surface area contributed by atoms with E-state index in [1.165, 1.54) is 0 Å². The van der Waals surface area contributed by atoms with Crippen LogP contribution >= 0.6 is 0 Å². The van der Waals surface area contributed by atoms with Crippen molar-refractivity contribution in [3.63, 3.8) is 0 Å². The molecule has 0 radical (unpaired) electrons. The van der Waals surface area contributed by atoms with Crippen molar-refractivity contribution in [3.8, 4) is 5.75 Å². The SMILES string of the molecule is O=C(O)CCCCC(=O)N1CCOc2ccccc2C1. The van der Waals surface area contributed by atoms with Crippen molar-refractivity contribution in [2.45, 2.75) is 32.2 Å². The van der Waals surface area contributed by atoms with Crippen molar-refractivity contribution in [2.24, 2.45) is 0 Å². The predicted octanol–water partition coefficient (Wildman–Crippen LogP) is 2.05. The lowest BCUT2D eigenvalue weighted by Gasteiger charge is -2.19. The molecule has 0 fully saturated rings. The first-order valence-electron chi connectivity index (χ1n) is 6.87. The lowest BCUT2D eigenvalue weighted by molar-refractivity contribution is -0.137. The Hall–Kier alpha value is -2.04. The fourth-order valence-corrected chi connectivity index (χ4v) is 2.25. The number of nitrogens with zero attached hydrogens (tertiary/aromatic N) is 1. The summed E-state index contributed by atoms with van der Waals surface area (Å²) in [5.41, 5.74) is 1.02. The van der Waals surface area contributed by atoms with Crippen LogP contribution < -0.4 is 4.74 Å². The summed E-state index contributed by atoms with van der Waals surface area (Å²) in [6.45, 7) is 1.64. The molecule has 0 bridgehead atoms. The Morgan fingerprint density at radius 2 is 1.95 bits per heavy atom. The first-order valence-corrected chi connectivity index (χ1v) is 6.87. The molecule has 108 valence electrons. The molecule has 0 aromatic heterocycles. The van der Waals surface area contributed by atoms with Crippen LogP contribution in [0.25, 0.3) is 0 Å². The highest BCUT2D eigenvalue weighted by Gasteiger charge is 2.19. The van der Waals surface area contributed by atoms with Crippen LogP contribution in [0.1, 0.15) is 31.2 Å². The zero-order chi connectivity index (χ0) is 14.4. The van der Waals surface area contributed by atoms with Crippen molar-refractivity contribution in [3.05, 3.63) is 29.8 Å². The van der Waals surface area contributed by atoms with Crippen molar-refractivity contribution in [2.75, 3.05) is 13.2 Å². The summed E-state index contributed by atoms with van der Waals surface area (Å²) in [4.78, 5) is 24.3. The van der Waals surface area contributed by atoms with Gasteiger partial charge in [0.25, 0.3) is 0 Å². The minimum absolute atomic E-state index is 0.0655. The number of para-hydroxylation sites is 1. The molecule has 5 nitrogen and oxygen atoms in total. The van der Waals surface area contributed by atoms with Gasteiger partial charge in [0.1, 0.15) is 12.4 Å². The smallest absolute Gasteiger partial charge is 0.303 e. The minimum Gasteiger partial charge on any atom is -0.491 e. The highest BCUT2D eigenvalue weighted by molar-refractivity contribution is 5.76. The standard InChI is InChI=1S/C15H19NO4/c17-14(7-3-4-8-15(18)19)16-9-10-20-13-6-2-1-5-12(13)11-16/h1-2,5-6H,3-4,7-11H2,(H,18,19). The summed E-state index contributed by atoms with van der Waals surface area (Å²) in [5, 5.41) is 8.56. The molecule has 1 amide bonds. The molecule has 2 rings (SSSR count). The second-order valence-corrected chi connectivity index (χ2v) is 4.87. The van der Waals surface area contributed by atoms with Gasteiger partial charge in [0, 0.05) is 24.9 Å². The number of amides is 1. The number of carbonyl (C=O) groups is 2. The molecule has 5 heteroatoms. The van der Waals surface area contributed by atoms with E-state index in [0.29, 0.717) is 39.0 Å². The van der Waals surface area contributed by atoms with Crippen molar-refractivity contribution in [1.29, 1.82) is 0 Å². The number of aliphatic carboxylic acids is 1. The lowest BCUT2D eigenvalue weighted by atomic mass is 10.1. The first-order chi connectivity index (χ1) is 9.66. The molecule has 0 saturated carbocycles. The third kappa shape index (κ3) is 3.98. The van der Waals surface area contributed by atoms with Crippen LogP contribution in [0, 0.1) is 0 Å². The van der Waals surface area contributed by atoms with E-state index in [2.05, 4.69) is 0 Å². The molecule has 1 heterocycles. The largest absolute Gasteiger partial charge is 0.491 e. The molecule has 0 unspecified atom stereocenters. The molecule has 1 aliphatic rings. The number of hydrogen-bond acceptors (Lipinski definition) is 3. The number of carboxylic acids is 1. The summed E-state index contributed by atoms with van der Waals surface area (Å²) in [6.07, 6.45) is 1.68. The fourth-order valence-electron chi connectivity index (χ4n) is 2.25. The van der Waals surface area contributed by atoms with Gasteiger partial charge in [-0.3, -0.25) is 9.59 Å². The highest BCUT2D eigenvalue weighted by atomic mass is 16.5. The molecular weight excluding hydrogens is 258 g/mol. The number of unbranched alkanes of at least 4 members (excludes halogenated alkanes) is 1. The zero-order valence-electron chi connectivity index (χ0n) is 11.4. The molecule has 1 N–H and O–H groups in total. The van der Waals surface area contributed by atoms with E-state index in [-0.39, 0.29) is 12.3 Å². The summed E-state index contributed by atoms with van der Waals surface area (Å²) in [6, 6.07) is 7.73. The molecule has 1 aromatic carbocycles. The Morgan fingerprint density at radius 3 is 2.75 bits per heavy atom. The van der Waals surface area contributed by atoms with Gasteiger partial charge < -0.3 is 14.7 Å².